The summed E-state index contributed by atoms with van der Waals surface area (Å²) in [4.78, 5) is 31.7. The number of halogens is 5. The van der Waals surface area contributed by atoms with Crippen LogP contribution in [0.5, 0.6) is 11.5 Å². The zero-order valence-corrected chi connectivity index (χ0v) is 18.8. The molecule has 0 spiro atoms. The molecule has 1 aliphatic rings. The van der Waals surface area contributed by atoms with Crippen LogP contribution in [0.1, 0.15) is 46.3 Å². The molecular weight excluding hydrogens is 489 g/mol. The summed E-state index contributed by atoms with van der Waals surface area (Å²) in [6.07, 6.45) is -3.60. The smallest absolute Gasteiger partial charge is 0.494 e. The Morgan fingerprint density at radius 3 is 2.42 bits per heavy atom. The number of rotatable bonds is 8. The standard InChI is InChI=1S/C24H20F5N3O4/c1-35-18-6-2-12(8-15(18)25)9-20-30-17(11-21(33)31-20)23(34)32-22(13-3-4-13)14-5-7-19(16(26)10-14)36-24(27,28)29/h2,5-8,10-11,13,22H,3-4,9H2,1H3,(H,32,34)(H,30,31,33)/t22-/m1/s1. The van der Waals surface area contributed by atoms with Crippen LogP contribution >= 0.6 is 0 Å². The molecule has 1 atom stereocenters. The number of hydrogen-bond acceptors (Lipinski definition) is 5. The van der Waals surface area contributed by atoms with E-state index in [0.717, 1.165) is 18.2 Å². The van der Waals surface area contributed by atoms with Crippen LogP contribution in [-0.4, -0.2) is 29.3 Å². The number of nitrogens with one attached hydrogen (secondary N) is 2. The average Bonchev–Trinajstić information content (AvgIpc) is 3.63. The first-order valence-electron chi connectivity index (χ1n) is 10.8. The van der Waals surface area contributed by atoms with Crippen molar-refractivity contribution in [2.75, 3.05) is 7.11 Å². The summed E-state index contributed by atoms with van der Waals surface area (Å²) in [5, 5.41) is 2.69. The molecule has 7 nitrogen and oxygen atoms in total. The minimum atomic E-state index is -5.05. The topological polar surface area (TPSA) is 93.3 Å². The lowest BCUT2D eigenvalue weighted by molar-refractivity contribution is -0.275. The molecule has 0 aliphatic heterocycles. The van der Waals surface area contributed by atoms with E-state index in [1.54, 1.807) is 6.07 Å². The van der Waals surface area contributed by atoms with Gasteiger partial charge in [-0.05, 0) is 54.2 Å². The Morgan fingerprint density at radius 2 is 1.81 bits per heavy atom. The molecule has 0 saturated heterocycles. The van der Waals surface area contributed by atoms with Crippen molar-refractivity contribution in [3.8, 4) is 11.5 Å². The molecule has 12 heteroatoms. The maximum atomic E-state index is 14.2. The first kappa shape index (κ1) is 25.1. The fourth-order valence-corrected chi connectivity index (χ4v) is 3.76. The first-order valence-corrected chi connectivity index (χ1v) is 10.8. The van der Waals surface area contributed by atoms with Gasteiger partial charge in [0.15, 0.2) is 23.1 Å². The maximum Gasteiger partial charge on any atom is 0.573 e. The highest BCUT2D eigenvalue weighted by Crippen LogP contribution is 2.42. The number of ether oxygens (including phenoxy) is 2. The SMILES string of the molecule is COc1ccc(Cc2nc(C(=O)N[C@@H](c3ccc(OC(F)(F)F)c(F)c3)C3CC3)cc(=O)[nH]2)cc1F. The molecular formula is C24H20F5N3O4. The van der Waals surface area contributed by atoms with Gasteiger partial charge in [-0.15, -0.1) is 13.2 Å². The van der Waals surface area contributed by atoms with Crippen molar-refractivity contribution < 1.29 is 36.2 Å². The van der Waals surface area contributed by atoms with Gasteiger partial charge < -0.3 is 19.8 Å². The molecule has 36 heavy (non-hydrogen) atoms. The monoisotopic (exact) mass is 509 g/mol. The number of benzene rings is 2. The lowest BCUT2D eigenvalue weighted by atomic mass is 10.0. The predicted molar refractivity (Wildman–Crippen MR) is 117 cm³/mol. The molecule has 0 bridgehead atoms. The van der Waals surface area contributed by atoms with E-state index < -0.39 is 41.3 Å². The van der Waals surface area contributed by atoms with Gasteiger partial charge in [0, 0.05) is 12.5 Å². The van der Waals surface area contributed by atoms with Gasteiger partial charge in [0.25, 0.3) is 11.5 Å². The van der Waals surface area contributed by atoms with Crippen LogP contribution < -0.4 is 20.3 Å². The highest BCUT2D eigenvalue weighted by atomic mass is 19.4. The number of aromatic nitrogens is 2. The predicted octanol–water partition coefficient (Wildman–Crippen LogP) is 4.43. The van der Waals surface area contributed by atoms with Gasteiger partial charge in [-0.1, -0.05) is 12.1 Å². The minimum absolute atomic E-state index is 0.0230. The highest BCUT2D eigenvalue weighted by molar-refractivity contribution is 5.92. The van der Waals surface area contributed by atoms with Gasteiger partial charge in [0.2, 0.25) is 0 Å². The summed E-state index contributed by atoms with van der Waals surface area (Å²) in [5.74, 6) is -3.44. The fourth-order valence-electron chi connectivity index (χ4n) is 3.76. The fraction of sp³-hybridized carbons (Fsp3) is 0.292. The molecule has 2 N–H and O–H groups in total. The molecule has 190 valence electrons. The van der Waals surface area contributed by atoms with Crippen LogP contribution in [0.3, 0.4) is 0 Å². The molecule has 0 radical (unpaired) electrons. The molecule has 2 aromatic carbocycles. The Kier molecular flexibility index (Phi) is 6.95. The third kappa shape index (κ3) is 6.18. The van der Waals surface area contributed by atoms with Gasteiger partial charge >= 0.3 is 6.36 Å². The number of amides is 1. The number of carbonyl (C=O) groups is 1. The maximum absolute atomic E-state index is 14.2. The van der Waals surface area contributed by atoms with Crippen molar-refractivity contribution in [2.24, 2.45) is 5.92 Å². The lowest BCUT2D eigenvalue weighted by Crippen LogP contribution is -2.32. The summed E-state index contributed by atoms with van der Waals surface area (Å²) in [6, 6.07) is 7.45. The number of aromatic amines is 1. The van der Waals surface area contributed by atoms with Crippen LogP contribution in [0.25, 0.3) is 0 Å². The van der Waals surface area contributed by atoms with E-state index in [4.69, 9.17) is 4.74 Å². The van der Waals surface area contributed by atoms with Crippen molar-refractivity contribution in [3.05, 3.63) is 87.1 Å². The van der Waals surface area contributed by atoms with Gasteiger partial charge in [-0.25, -0.2) is 13.8 Å². The summed E-state index contributed by atoms with van der Waals surface area (Å²) in [7, 11) is 1.33. The van der Waals surface area contributed by atoms with Gasteiger partial charge in [-0.3, -0.25) is 9.59 Å². The van der Waals surface area contributed by atoms with Crippen molar-refractivity contribution >= 4 is 5.91 Å². The van der Waals surface area contributed by atoms with E-state index in [9.17, 15) is 31.5 Å². The Balaban J connectivity index is 1.53. The van der Waals surface area contributed by atoms with Crippen molar-refractivity contribution in [1.29, 1.82) is 0 Å². The zero-order chi connectivity index (χ0) is 26.0. The molecule has 1 aromatic heterocycles. The molecule has 1 amide bonds. The van der Waals surface area contributed by atoms with Crippen LogP contribution in [0.4, 0.5) is 22.0 Å². The van der Waals surface area contributed by atoms with Crippen LogP contribution in [0.15, 0.2) is 47.3 Å². The van der Waals surface area contributed by atoms with E-state index in [1.807, 2.05) is 0 Å². The normalized spacial score (nSPS) is 14.3. The molecule has 1 heterocycles. The van der Waals surface area contributed by atoms with E-state index >= 15 is 0 Å². The molecule has 4 rings (SSSR count). The molecule has 0 unspecified atom stereocenters. The Morgan fingerprint density at radius 1 is 1.11 bits per heavy atom. The van der Waals surface area contributed by atoms with Crippen molar-refractivity contribution in [1.82, 2.24) is 15.3 Å². The molecule has 1 saturated carbocycles. The minimum Gasteiger partial charge on any atom is -0.494 e. The molecule has 3 aromatic rings. The summed E-state index contributed by atoms with van der Waals surface area (Å²) in [6.45, 7) is 0. The lowest BCUT2D eigenvalue weighted by Gasteiger charge is -2.20. The third-order valence-electron chi connectivity index (χ3n) is 5.53. The number of methoxy groups -OCH3 is 1. The van der Waals surface area contributed by atoms with E-state index in [1.165, 1.54) is 25.3 Å². The Labute approximate surface area is 201 Å². The quantitative estimate of drug-likeness (QED) is 0.439. The number of alkyl halides is 3. The van der Waals surface area contributed by atoms with E-state index in [0.29, 0.717) is 18.4 Å². The number of hydrogen-bond donors (Lipinski definition) is 2. The van der Waals surface area contributed by atoms with Crippen LogP contribution in [0, 0.1) is 17.6 Å². The van der Waals surface area contributed by atoms with E-state index in [-0.39, 0.29) is 35.2 Å². The van der Waals surface area contributed by atoms with Crippen LogP contribution in [0.2, 0.25) is 0 Å². The van der Waals surface area contributed by atoms with Gasteiger partial charge in [0.1, 0.15) is 11.5 Å². The van der Waals surface area contributed by atoms with Gasteiger partial charge in [0.05, 0.1) is 13.2 Å². The molecule has 1 aliphatic carbocycles. The first-order chi connectivity index (χ1) is 17.0. The highest BCUT2D eigenvalue weighted by Gasteiger charge is 2.36. The second-order valence-corrected chi connectivity index (χ2v) is 8.25. The van der Waals surface area contributed by atoms with Crippen LogP contribution in [-0.2, 0) is 6.42 Å². The Bertz CT molecular complexity index is 1340. The largest absolute Gasteiger partial charge is 0.573 e. The second kappa shape index (κ2) is 9.96. The van der Waals surface area contributed by atoms with Crippen molar-refractivity contribution in [2.45, 2.75) is 31.7 Å². The number of nitrogens with zero attached hydrogens (tertiary/aromatic N) is 1. The Hall–Kier alpha value is -3.96. The average molecular weight is 509 g/mol. The summed E-state index contributed by atoms with van der Waals surface area (Å²) < 4.78 is 74.0. The molecule has 1 fully saturated rings. The number of H-pyrrole nitrogens is 1. The summed E-state index contributed by atoms with van der Waals surface area (Å²) >= 11 is 0. The summed E-state index contributed by atoms with van der Waals surface area (Å²) in [5.41, 5.74) is -0.106. The second-order valence-electron chi connectivity index (χ2n) is 8.25. The number of carbonyl (C=O) groups excluding carboxylic acids is 1. The zero-order valence-electron chi connectivity index (χ0n) is 18.8. The van der Waals surface area contributed by atoms with Crippen molar-refractivity contribution in [3.63, 3.8) is 0 Å². The third-order valence-corrected chi connectivity index (χ3v) is 5.53. The van der Waals surface area contributed by atoms with E-state index in [2.05, 4.69) is 20.0 Å². The van der Waals surface area contributed by atoms with Gasteiger partial charge in [-0.2, -0.15) is 0 Å².